The summed E-state index contributed by atoms with van der Waals surface area (Å²) in [6, 6.07) is 11.7. The molecule has 1 saturated heterocycles. The van der Waals surface area contributed by atoms with E-state index in [1.807, 2.05) is 6.92 Å². The lowest BCUT2D eigenvalue weighted by Gasteiger charge is -2.12. The lowest BCUT2D eigenvalue weighted by atomic mass is 10.2. The van der Waals surface area contributed by atoms with Crippen molar-refractivity contribution in [3.8, 4) is 11.5 Å². The van der Waals surface area contributed by atoms with E-state index in [0.717, 1.165) is 0 Å². The number of carbonyl (C=O) groups excluding carboxylic acids is 2. The number of hydrogen-bond acceptors (Lipinski definition) is 8. The summed E-state index contributed by atoms with van der Waals surface area (Å²) in [6.07, 6.45) is 4.67. The molecule has 1 aromatic carbocycles. The van der Waals surface area contributed by atoms with Gasteiger partial charge in [0.1, 0.15) is 10.1 Å². The molecule has 4 rings (SSSR count). The lowest BCUT2D eigenvalue weighted by Crippen LogP contribution is -2.27. The average molecular weight is 456 g/mol. The molecular formula is C22H17NO6S2. The number of nitrogens with zero attached hydrogens (tertiary/aromatic N) is 1. The predicted molar refractivity (Wildman–Crippen MR) is 119 cm³/mol. The second-order valence-corrected chi connectivity index (χ2v) is 8.03. The highest BCUT2D eigenvalue weighted by molar-refractivity contribution is 8.26. The van der Waals surface area contributed by atoms with E-state index in [0.29, 0.717) is 32.9 Å². The number of thiocarbonyl (C=S) groups is 1. The molecule has 31 heavy (non-hydrogen) atoms. The number of carbonyl (C=O) groups is 2. The molecule has 158 valence electrons. The lowest BCUT2D eigenvalue weighted by molar-refractivity contribution is -0.122. The van der Waals surface area contributed by atoms with Crippen LogP contribution >= 0.6 is 24.0 Å². The molecule has 0 atom stereocenters. The zero-order chi connectivity index (χ0) is 21.8. The molecule has 7 nitrogen and oxygen atoms in total. The highest BCUT2D eigenvalue weighted by atomic mass is 32.2. The van der Waals surface area contributed by atoms with Crippen molar-refractivity contribution in [3.05, 3.63) is 77.0 Å². The van der Waals surface area contributed by atoms with Crippen molar-refractivity contribution in [3.63, 3.8) is 0 Å². The van der Waals surface area contributed by atoms with Gasteiger partial charge in [0, 0.05) is 0 Å². The van der Waals surface area contributed by atoms with Crippen LogP contribution in [0.1, 0.15) is 28.8 Å². The normalized spacial score (nSPS) is 15.0. The van der Waals surface area contributed by atoms with Crippen LogP contribution in [0.25, 0.3) is 6.08 Å². The highest BCUT2D eigenvalue weighted by Gasteiger charge is 2.32. The maximum absolute atomic E-state index is 12.8. The summed E-state index contributed by atoms with van der Waals surface area (Å²) in [6.45, 7) is 2.48. The Balaban J connectivity index is 1.54. The van der Waals surface area contributed by atoms with Gasteiger partial charge in [0.25, 0.3) is 5.91 Å². The van der Waals surface area contributed by atoms with Gasteiger partial charge in [-0.3, -0.25) is 9.69 Å². The fraction of sp³-hybridized carbons (Fsp3) is 0.136. The summed E-state index contributed by atoms with van der Waals surface area (Å²) >= 11 is 6.57. The van der Waals surface area contributed by atoms with Crippen LogP contribution in [0.3, 0.4) is 0 Å². The number of benzene rings is 1. The van der Waals surface area contributed by atoms with E-state index in [9.17, 15) is 9.59 Å². The largest absolute Gasteiger partial charge is 0.490 e. The molecule has 0 bridgehead atoms. The Morgan fingerprint density at radius 1 is 1.16 bits per heavy atom. The van der Waals surface area contributed by atoms with Gasteiger partial charge in [0.2, 0.25) is 5.76 Å². The SMILES string of the molecule is CCOc1cc(C=C2SC(=S)N(Cc3ccco3)C2=O)ccc1OC(=O)c1ccco1. The highest BCUT2D eigenvalue weighted by Crippen LogP contribution is 2.35. The minimum Gasteiger partial charge on any atom is -0.490 e. The van der Waals surface area contributed by atoms with Gasteiger partial charge in [-0.15, -0.1) is 0 Å². The van der Waals surface area contributed by atoms with E-state index in [4.69, 9.17) is 30.5 Å². The quantitative estimate of drug-likeness (QED) is 0.216. The Kier molecular flexibility index (Phi) is 6.24. The van der Waals surface area contributed by atoms with Crippen molar-refractivity contribution in [1.29, 1.82) is 0 Å². The summed E-state index contributed by atoms with van der Waals surface area (Å²) in [4.78, 5) is 27.0. The second-order valence-electron chi connectivity index (χ2n) is 6.35. The van der Waals surface area contributed by atoms with E-state index in [1.165, 1.54) is 29.0 Å². The number of furan rings is 2. The fourth-order valence-electron chi connectivity index (χ4n) is 2.86. The first-order valence-corrected chi connectivity index (χ1v) is 10.6. The minimum absolute atomic E-state index is 0.0896. The van der Waals surface area contributed by atoms with Crippen LogP contribution in [0.15, 0.2) is 68.7 Å². The molecule has 1 aliphatic rings. The van der Waals surface area contributed by atoms with Crippen LogP contribution in [0, 0.1) is 0 Å². The summed E-state index contributed by atoms with van der Waals surface area (Å²) in [5.74, 6) is 0.550. The van der Waals surface area contributed by atoms with Crippen molar-refractivity contribution in [2.45, 2.75) is 13.5 Å². The first-order valence-electron chi connectivity index (χ1n) is 9.35. The van der Waals surface area contributed by atoms with Gasteiger partial charge in [-0.2, -0.15) is 0 Å². The minimum atomic E-state index is -0.627. The predicted octanol–water partition coefficient (Wildman–Crippen LogP) is 4.89. The van der Waals surface area contributed by atoms with Crippen molar-refractivity contribution < 1.29 is 27.9 Å². The van der Waals surface area contributed by atoms with E-state index < -0.39 is 5.97 Å². The van der Waals surface area contributed by atoms with Crippen molar-refractivity contribution in [2.24, 2.45) is 0 Å². The smallest absolute Gasteiger partial charge is 0.379 e. The standard InChI is InChI=1S/C22H17NO6S2/c1-2-26-18-11-14(7-8-16(18)29-21(25)17-6-4-10-28-17)12-19-20(24)23(22(30)31-19)13-15-5-3-9-27-15/h3-12H,2,13H2,1H3. The zero-order valence-electron chi connectivity index (χ0n) is 16.4. The first kappa shape index (κ1) is 21.0. The third-order valence-electron chi connectivity index (χ3n) is 4.26. The van der Waals surface area contributed by atoms with Gasteiger partial charge in [-0.1, -0.05) is 30.0 Å². The van der Waals surface area contributed by atoms with Crippen molar-refractivity contribution in [2.75, 3.05) is 6.61 Å². The zero-order valence-corrected chi connectivity index (χ0v) is 18.0. The topological polar surface area (TPSA) is 82.1 Å². The first-order chi connectivity index (χ1) is 15.0. The van der Waals surface area contributed by atoms with Gasteiger partial charge in [0.05, 0.1) is 30.6 Å². The molecule has 0 saturated carbocycles. The Labute approximate surface area is 187 Å². The van der Waals surface area contributed by atoms with Crippen molar-refractivity contribution >= 4 is 46.3 Å². The molecule has 1 aliphatic heterocycles. The van der Waals surface area contributed by atoms with Gasteiger partial charge in [-0.25, -0.2) is 4.79 Å². The number of esters is 1. The number of thioether (sulfide) groups is 1. The molecule has 3 heterocycles. The average Bonchev–Trinajstić information content (AvgIpc) is 3.50. The Morgan fingerprint density at radius 3 is 2.68 bits per heavy atom. The fourth-order valence-corrected chi connectivity index (χ4v) is 4.11. The van der Waals surface area contributed by atoms with Crippen LogP contribution in [0.5, 0.6) is 11.5 Å². The number of amides is 1. The Bertz CT molecular complexity index is 1130. The number of ether oxygens (including phenoxy) is 2. The molecular weight excluding hydrogens is 438 g/mol. The van der Waals surface area contributed by atoms with Crippen LogP contribution in [-0.4, -0.2) is 27.7 Å². The molecule has 0 spiro atoms. The van der Waals surface area contributed by atoms with Gasteiger partial charge < -0.3 is 18.3 Å². The molecule has 1 amide bonds. The third kappa shape index (κ3) is 4.73. The Hall–Kier alpha value is -3.30. The molecule has 0 N–H and O–H groups in total. The van der Waals surface area contributed by atoms with Crippen LogP contribution < -0.4 is 9.47 Å². The van der Waals surface area contributed by atoms with Gasteiger partial charge >= 0.3 is 5.97 Å². The Morgan fingerprint density at radius 2 is 1.97 bits per heavy atom. The van der Waals surface area contributed by atoms with Crippen molar-refractivity contribution in [1.82, 2.24) is 4.90 Å². The van der Waals surface area contributed by atoms with Crippen LogP contribution in [0.2, 0.25) is 0 Å². The molecule has 0 unspecified atom stereocenters. The molecule has 9 heteroatoms. The molecule has 0 radical (unpaired) electrons. The van der Waals surface area contributed by atoms with Gasteiger partial charge in [0.15, 0.2) is 11.5 Å². The second kappa shape index (κ2) is 9.23. The number of hydrogen-bond donors (Lipinski definition) is 0. The molecule has 1 fully saturated rings. The van der Waals surface area contributed by atoms with E-state index in [2.05, 4.69) is 0 Å². The summed E-state index contributed by atoms with van der Waals surface area (Å²) in [5, 5.41) is 0. The third-order valence-corrected chi connectivity index (χ3v) is 5.64. The monoisotopic (exact) mass is 455 g/mol. The maximum Gasteiger partial charge on any atom is 0.379 e. The van der Waals surface area contributed by atoms with Crippen LogP contribution in [-0.2, 0) is 11.3 Å². The van der Waals surface area contributed by atoms with Crippen LogP contribution in [0.4, 0.5) is 0 Å². The summed E-state index contributed by atoms with van der Waals surface area (Å²) in [7, 11) is 0. The number of rotatable bonds is 7. The van der Waals surface area contributed by atoms with E-state index in [-0.39, 0.29) is 24.0 Å². The molecule has 2 aromatic heterocycles. The van der Waals surface area contributed by atoms with E-state index in [1.54, 1.807) is 48.7 Å². The van der Waals surface area contributed by atoms with Gasteiger partial charge in [-0.05, 0) is 55.0 Å². The summed E-state index contributed by atoms with van der Waals surface area (Å²) in [5.41, 5.74) is 0.708. The van der Waals surface area contributed by atoms with E-state index >= 15 is 0 Å². The maximum atomic E-state index is 12.8. The summed E-state index contributed by atoms with van der Waals surface area (Å²) < 4.78 is 21.8. The molecule has 0 aliphatic carbocycles. The molecule has 3 aromatic rings.